The molecule has 0 radical (unpaired) electrons. The first-order valence-corrected chi connectivity index (χ1v) is 6.88. The van der Waals surface area contributed by atoms with Crippen molar-refractivity contribution in [3.05, 3.63) is 27.2 Å². The third-order valence-corrected chi connectivity index (χ3v) is 4.22. The van der Waals surface area contributed by atoms with E-state index >= 15 is 0 Å². The van der Waals surface area contributed by atoms with Gasteiger partial charge in [-0.2, -0.15) is 0 Å². The fraction of sp³-hybridized carbons (Fsp3) is 0.583. The predicted molar refractivity (Wildman–Crippen MR) is 72.9 cm³/mol. The zero-order valence-corrected chi connectivity index (χ0v) is 12.2. The monoisotopic (exact) mass is 265 g/mol. The van der Waals surface area contributed by atoms with Gasteiger partial charge in [-0.15, -0.1) is 16.4 Å². The molecule has 0 aliphatic heterocycles. The highest BCUT2D eigenvalue weighted by Gasteiger charge is 2.20. The van der Waals surface area contributed by atoms with Gasteiger partial charge in [0, 0.05) is 9.75 Å². The molecule has 0 aliphatic carbocycles. The van der Waals surface area contributed by atoms with Gasteiger partial charge in [-0.1, -0.05) is 0 Å². The predicted octanol–water partition coefficient (Wildman–Crippen LogP) is 2.24. The van der Waals surface area contributed by atoms with Crippen molar-refractivity contribution >= 4 is 11.3 Å². The number of hydrogen-bond donors (Lipinski definition) is 1. The minimum atomic E-state index is 0.141. The topological polar surface area (TPSA) is 55.6 Å². The second-order valence-electron chi connectivity index (χ2n) is 4.54. The number of thiophene rings is 1. The van der Waals surface area contributed by atoms with E-state index in [1.807, 2.05) is 23.1 Å². The molecule has 0 saturated carbocycles. The Morgan fingerprint density at radius 1 is 1.33 bits per heavy atom. The van der Waals surface area contributed by atoms with Gasteiger partial charge in [-0.3, -0.25) is 0 Å². The average molecular weight is 265 g/mol. The fourth-order valence-corrected chi connectivity index (χ4v) is 3.10. The Balaban J connectivity index is 2.37. The molecule has 1 N–H and O–H groups in total. The van der Waals surface area contributed by atoms with E-state index in [0.717, 1.165) is 5.82 Å². The van der Waals surface area contributed by atoms with E-state index in [-0.39, 0.29) is 12.1 Å². The Bertz CT molecular complexity index is 530. The summed E-state index contributed by atoms with van der Waals surface area (Å²) >= 11 is 1.82. The average Bonchev–Trinajstić information content (AvgIpc) is 2.94. The SMILES string of the molecule is CNC(C)c1nnnn1C(C)c1cc(C)sc1C. The van der Waals surface area contributed by atoms with Crippen molar-refractivity contribution < 1.29 is 0 Å². The fourth-order valence-electron chi connectivity index (χ4n) is 2.09. The number of tetrazole rings is 1. The van der Waals surface area contributed by atoms with Crippen molar-refractivity contribution in [1.29, 1.82) is 0 Å². The molecule has 0 saturated heterocycles. The normalized spacial score (nSPS) is 14.7. The molecule has 18 heavy (non-hydrogen) atoms. The first-order valence-electron chi connectivity index (χ1n) is 6.06. The summed E-state index contributed by atoms with van der Waals surface area (Å²) in [7, 11) is 1.91. The third kappa shape index (κ3) is 2.30. The van der Waals surface area contributed by atoms with Gasteiger partial charge in [0.05, 0.1) is 12.1 Å². The van der Waals surface area contributed by atoms with Gasteiger partial charge >= 0.3 is 0 Å². The first-order chi connectivity index (χ1) is 8.54. The Morgan fingerprint density at radius 2 is 2.06 bits per heavy atom. The van der Waals surface area contributed by atoms with E-state index in [9.17, 15) is 0 Å². The quantitative estimate of drug-likeness (QED) is 0.921. The molecule has 2 atom stereocenters. The van der Waals surface area contributed by atoms with Crippen LogP contribution in [0.15, 0.2) is 6.07 Å². The van der Waals surface area contributed by atoms with Gasteiger partial charge in [-0.25, -0.2) is 4.68 Å². The molecule has 2 aromatic heterocycles. The van der Waals surface area contributed by atoms with Crippen LogP contribution in [-0.4, -0.2) is 27.3 Å². The van der Waals surface area contributed by atoms with Crippen LogP contribution >= 0.6 is 11.3 Å². The van der Waals surface area contributed by atoms with Gasteiger partial charge in [-0.05, 0) is 56.8 Å². The maximum Gasteiger partial charge on any atom is 0.168 e. The Morgan fingerprint density at radius 3 is 2.61 bits per heavy atom. The molecule has 0 bridgehead atoms. The Kier molecular flexibility index (Phi) is 3.77. The maximum atomic E-state index is 4.13. The van der Waals surface area contributed by atoms with Crippen LogP contribution in [0.4, 0.5) is 0 Å². The van der Waals surface area contributed by atoms with Crippen molar-refractivity contribution in [1.82, 2.24) is 25.5 Å². The number of rotatable bonds is 4. The lowest BCUT2D eigenvalue weighted by molar-refractivity contribution is 0.482. The minimum Gasteiger partial charge on any atom is -0.311 e. The highest BCUT2D eigenvalue weighted by molar-refractivity contribution is 7.12. The van der Waals surface area contributed by atoms with Crippen molar-refractivity contribution in [2.75, 3.05) is 7.05 Å². The van der Waals surface area contributed by atoms with Crippen molar-refractivity contribution in [2.45, 2.75) is 39.8 Å². The van der Waals surface area contributed by atoms with Gasteiger partial charge in [0.1, 0.15) is 0 Å². The van der Waals surface area contributed by atoms with Crippen LogP contribution in [0, 0.1) is 13.8 Å². The van der Waals surface area contributed by atoms with E-state index in [0.29, 0.717) is 0 Å². The third-order valence-electron chi connectivity index (χ3n) is 3.23. The highest BCUT2D eigenvalue weighted by Crippen LogP contribution is 2.29. The molecule has 0 fully saturated rings. The number of nitrogens with zero attached hydrogens (tertiary/aromatic N) is 4. The number of hydrogen-bond acceptors (Lipinski definition) is 5. The summed E-state index contributed by atoms with van der Waals surface area (Å²) in [6, 6.07) is 2.53. The molecule has 2 heterocycles. The summed E-state index contributed by atoms with van der Waals surface area (Å²) in [5.41, 5.74) is 1.30. The standard InChI is InChI=1S/C12H19N5S/c1-7-6-11(10(4)18-7)9(3)17-12(8(2)13-5)14-15-16-17/h6,8-9,13H,1-5H3. The largest absolute Gasteiger partial charge is 0.311 e. The van der Waals surface area contributed by atoms with Gasteiger partial charge in [0.2, 0.25) is 0 Å². The summed E-state index contributed by atoms with van der Waals surface area (Å²) in [5, 5.41) is 15.2. The zero-order valence-electron chi connectivity index (χ0n) is 11.4. The van der Waals surface area contributed by atoms with Crippen LogP contribution in [0.3, 0.4) is 0 Å². The lowest BCUT2D eigenvalue weighted by Gasteiger charge is -2.16. The van der Waals surface area contributed by atoms with Gasteiger partial charge in [0.15, 0.2) is 5.82 Å². The van der Waals surface area contributed by atoms with E-state index in [4.69, 9.17) is 0 Å². The number of aryl methyl sites for hydroxylation is 2. The molecule has 2 aromatic rings. The molecule has 0 aliphatic rings. The summed E-state index contributed by atoms with van der Waals surface area (Å²) in [6.07, 6.45) is 0. The number of nitrogens with one attached hydrogen (secondary N) is 1. The lowest BCUT2D eigenvalue weighted by atomic mass is 10.1. The molecular formula is C12H19N5S. The highest BCUT2D eigenvalue weighted by atomic mass is 32.1. The second-order valence-corrected chi connectivity index (χ2v) is 6.00. The smallest absolute Gasteiger partial charge is 0.168 e. The van der Waals surface area contributed by atoms with E-state index in [1.54, 1.807) is 0 Å². The van der Waals surface area contributed by atoms with Crippen LogP contribution in [-0.2, 0) is 0 Å². The molecule has 2 unspecified atom stereocenters. The Hall–Kier alpha value is -1.27. The minimum absolute atomic E-state index is 0.141. The molecule has 98 valence electrons. The second kappa shape index (κ2) is 5.16. The van der Waals surface area contributed by atoms with Crippen molar-refractivity contribution in [3.63, 3.8) is 0 Å². The van der Waals surface area contributed by atoms with E-state index in [1.165, 1.54) is 15.3 Å². The maximum absolute atomic E-state index is 4.13. The van der Waals surface area contributed by atoms with Crippen LogP contribution in [0.5, 0.6) is 0 Å². The molecule has 0 spiro atoms. The Labute approximate surface area is 111 Å². The molecule has 5 nitrogen and oxygen atoms in total. The lowest BCUT2D eigenvalue weighted by Crippen LogP contribution is -2.21. The van der Waals surface area contributed by atoms with Gasteiger partial charge in [0.25, 0.3) is 0 Å². The molecule has 6 heteroatoms. The molecule has 2 rings (SSSR count). The van der Waals surface area contributed by atoms with Crippen LogP contribution in [0.25, 0.3) is 0 Å². The van der Waals surface area contributed by atoms with Crippen LogP contribution in [0.1, 0.15) is 47.1 Å². The van der Waals surface area contributed by atoms with Crippen molar-refractivity contribution in [2.24, 2.45) is 0 Å². The van der Waals surface area contributed by atoms with Gasteiger partial charge < -0.3 is 5.32 Å². The van der Waals surface area contributed by atoms with Crippen LogP contribution < -0.4 is 5.32 Å². The van der Waals surface area contributed by atoms with Crippen molar-refractivity contribution in [3.8, 4) is 0 Å². The summed E-state index contributed by atoms with van der Waals surface area (Å²) in [5.74, 6) is 0.869. The first kappa shape index (κ1) is 13.2. The molecular weight excluding hydrogens is 246 g/mol. The van der Waals surface area contributed by atoms with Crippen LogP contribution in [0.2, 0.25) is 0 Å². The zero-order chi connectivity index (χ0) is 13.3. The molecule has 0 aromatic carbocycles. The summed E-state index contributed by atoms with van der Waals surface area (Å²) in [4.78, 5) is 2.66. The molecule has 0 amide bonds. The number of aromatic nitrogens is 4. The van der Waals surface area contributed by atoms with E-state index in [2.05, 4.69) is 54.6 Å². The summed E-state index contributed by atoms with van der Waals surface area (Å²) in [6.45, 7) is 8.47. The van der Waals surface area contributed by atoms with E-state index < -0.39 is 0 Å². The summed E-state index contributed by atoms with van der Waals surface area (Å²) < 4.78 is 1.90.